The average Bonchev–Trinajstić information content (AvgIpc) is 3.50. The fourth-order valence-corrected chi connectivity index (χ4v) is 5.32. The monoisotopic (exact) mass is 464 g/mol. The molecule has 1 amide bonds. The molecular formula is C28H24N4OS. The van der Waals surface area contributed by atoms with Crippen LogP contribution >= 0.6 is 11.3 Å². The number of carbonyl (C=O) groups excluding carboxylic acids is 1. The van der Waals surface area contributed by atoms with Crippen molar-refractivity contribution in [1.29, 1.82) is 0 Å². The summed E-state index contributed by atoms with van der Waals surface area (Å²) in [5.41, 5.74) is 7.73. The van der Waals surface area contributed by atoms with Crippen LogP contribution in [-0.4, -0.2) is 37.1 Å². The van der Waals surface area contributed by atoms with Gasteiger partial charge >= 0.3 is 0 Å². The molecule has 0 atom stereocenters. The van der Waals surface area contributed by atoms with Gasteiger partial charge < -0.3 is 15.5 Å². The quantitative estimate of drug-likeness (QED) is 0.398. The van der Waals surface area contributed by atoms with Crippen LogP contribution in [0.3, 0.4) is 0 Å². The van der Waals surface area contributed by atoms with Crippen LogP contribution in [0, 0.1) is 0 Å². The summed E-state index contributed by atoms with van der Waals surface area (Å²) in [6, 6.07) is 24.7. The molecule has 1 saturated heterocycles. The van der Waals surface area contributed by atoms with E-state index in [1.165, 1.54) is 5.69 Å². The zero-order valence-electron chi connectivity index (χ0n) is 18.6. The van der Waals surface area contributed by atoms with Gasteiger partial charge in [-0.05, 0) is 35.9 Å². The Bertz CT molecular complexity index is 1370. The first-order valence-electron chi connectivity index (χ1n) is 11.5. The van der Waals surface area contributed by atoms with Gasteiger partial charge in [0.25, 0.3) is 5.91 Å². The van der Waals surface area contributed by atoms with Crippen molar-refractivity contribution >= 4 is 40.3 Å². The SMILES string of the molecule is O=C1Nc2ccc(-c3csc(-c4ccccc4)n3)cc2/C1=C/c1ccc(N2CCNCC2)cc1. The molecule has 0 saturated carbocycles. The summed E-state index contributed by atoms with van der Waals surface area (Å²) in [6.07, 6.45) is 1.98. The van der Waals surface area contributed by atoms with Crippen LogP contribution in [0.1, 0.15) is 11.1 Å². The molecule has 3 aromatic carbocycles. The lowest BCUT2D eigenvalue weighted by atomic mass is 10.0. The van der Waals surface area contributed by atoms with Gasteiger partial charge in [-0.3, -0.25) is 4.79 Å². The molecule has 4 aromatic rings. The second kappa shape index (κ2) is 8.89. The molecule has 3 heterocycles. The molecule has 2 aliphatic heterocycles. The maximum Gasteiger partial charge on any atom is 0.256 e. The van der Waals surface area contributed by atoms with Gasteiger partial charge in [-0.25, -0.2) is 4.98 Å². The van der Waals surface area contributed by atoms with E-state index in [1.54, 1.807) is 11.3 Å². The van der Waals surface area contributed by atoms with Crippen molar-refractivity contribution < 1.29 is 4.79 Å². The molecule has 6 heteroatoms. The Morgan fingerprint density at radius 1 is 0.912 bits per heavy atom. The summed E-state index contributed by atoms with van der Waals surface area (Å²) in [5, 5.41) is 9.45. The smallest absolute Gasteiger partial charge is 0.256 e. The second-order valence-corrected chi connectivity index (χ2v) is 9.36. The van der Waals surface area contributed by atoms with E-state index in [-0.39, 0.29) is 5.91 Å². The van der Waals surface area contributed by atoms with Crippen molar-refractivity contribution in [3.63, 3.8) is 0 Å². The standard InChI is InChI=1S/C28H24N4OS/c33-27-24(16-19-6-9-22(10-7-19)32-14-12-29-13-15-32)23-17-21(8-11-25(23)30-27)26-18-34-28(31-26)20-4-2-1-3-5-20/h1-11,16-18,29H,12-15H2,(H,30,33)/b24-16-. The number of aromatic nitrogens is 1. The van der Waals surface area contributed by atoms with Gasteiger partial charge in [-0.15, -0.1) is 11.3 Å². The number of hydrogen-bond acceptors (Lipinski definition) is 5. The minimum absolute atomic E-state index is 0.0680. The summed E-state index contributed by atoms with van der Waals surface area (Å²) in [4.78, 5) is 20.0. The van der Waals surface area contributed by atoms with Gasteiger partial charge in [0.1, 0.15) is 5.01 Å². The lowest BCUT2D eigenvalue weighted by molar-refractivity contribution is -0.110. The zero-order valence-corrected chi connectivity index (χ0v) is 19.4. The molecule has 6 rings (SSSR count). The average molecular weight is 465 g/mol. The Labute approximate surface area is 202 Å². The summed E-state index contributed by atoms with van der Waals surface area (Å²) >= 11 is 1.63. The normalized spacial score (nSPS) is 16.5. The Balaban J connectivity index is 1.29. The first kappa shape index (κ1) is 20.8. The number of piperazine rings is 1. The minimum Gasteiger partial charge on any atom is -0.369 e. The van der Waals surface area contributed by atoms with Crippen molar-refractivity contribution in [1.82, 2.24) is 10.3 Å². The number of anilines is 2. The molecule has 5 nitrogen and oxygen atoms in total. The first-order chi connectivity index (χ1) is 16.7. The molecule has 1 aromatic heterocycles. The predicted octanol–water partition coefficient (Wildman–Crippen LogP) is 5.38. The number of hydrogen-bond donors (Lipinski definition) is 2. The molecule has 0 unspecified atom stereocenters. The molecule has 168 valence electrons. The molecule has 2 aliphatic rings. The topological polar surface area (TPSA) is 57.3 Å². The first-order valence-corrected chi connectivity index (χ1v) is 12.4. The number of thiazole rings is 1. The highest BCUT2D eigenvalue weighted by atomic mass is 32.1. The Hall–Kier alpha value is -3.74. The van der Waals surface area contributed by atoms with Gasteiger partial charge in [0.15, 0.2) is 0 Å². The van der Waals surface area contributed by atoms with Gasteiger partial charge in [0, 0.05) is 65.2 Å². The number of nitrogens with one attached hydrogen (secondary N) is 2. The number of benzene rings is 3. The van der Waals surface area contributed by atoms with Crippen LogP contribution in [0.25, 0.3) is 33.5 Å². The third kappa shape index (κ3) is 4.02. The molecule has 1 fully saturated rings. The summed E-state index contributed by atoms with van der Waals surface area (Å²) in [7, 11) is 0. The highest BCUT2D eigenvalue weighted by molar-refractivity contribution is 7.13. The predicted molar refractivity (Wildman–Crippen MR) is 141 cm³/mol. The van der Waals surface area contributed by atoms with Crippen LogP contribution in [0.5, 0.6) is 0 Å². The maximum atomic E-state index is 12.8. The molecule has 0 spiro atoms. The molecule has 0 radical (unpaired) electrons. The van der Waals surface area contributed by atoms with E-state index in [0.29, 0.717) is 5.57 Å². The van der Waals surface area contributed by atoms with E-state index in [0.717, 1.165) is 64.8 Å². The van der Waals surface area contributed by atoms with Gasteiger partial charge in [0.2, 0.25) is 0 Å². The van der Waals surface area contributed by atoms with Gasteiger partial charge in [-0.2, -0.15) is 0 Å². The third-order valence-electron chi connectivity index (χ3n) is 6.31. The minimum atomic E-state index is -0.0680. The number of carbonyl (C=O) groups is 1. The van der Waals surface area contributed by atoms with Crippen LogP contribution < -0.4 is 15.5 Å². The molecule has 0 bridgehead atoms. The van der Waals surface area contributed by atoms with E-state index in [1.807, 2.05) is 36.4 Å². The van der Waals surface area contributed by atoms with Crippen molar-refractivity contribution in [2.75, 3.05) is 36.4 Å². The Morgan fingerprint density at radius 3 is 2.50 bits per heavy atom. The van der Waals surface area contributed by atoms with E-state index in [2.05, 4.69) is 63.4 Å². The molecule has 34 heavy (non-hydrogen) atoms. The number of rotatable bonds is 4. The summed E-state index contributed by atoms with van der Waals surface area (Å²) < 4.78 is 0. The highest BCUT2D eigenvalue weighted by Crippen LogP contribution is 2.37. The lowest BCUT2D eigenvalue weighted by Gasteiger charge is -2.29. The summed E-state index contributed by atoms with van der Waals surface area (Å²) in [5.74, 6) is -0.0680. The fourth-order valence-electron chi connectivity index (χ4n) is 4.48. The Kier molecular flexibility index (Phi) is 5.45. The van der Waals surface area contributed by atoms with Crippen molar-refractivity contribution in [2.45, 2.75) is 0 Å². The maximum absolute atomic E-state index is 12.8. The van der Waals surface area contributed by atoms with Crippen molar-refractivity contribution in [3.8, 4) is 21.8 Å². The number of amides is 1. The largest absolute Gasteiger partial charge is 0.369 e. The highest BCUT2D eigenvalue weighted by Gasteiger charge is 2.25. The number of fused-ring (bicyclic) bond motifs is 1. The van der Waals surface area contributed by atoms with Gasteiger partial charge in [-0.1, -0.05) is 48.5 Å². The molecule has 0 aliphatic carbocycles. The van der Waals surface area contributed by atoms with Crippen LogP contribution in [0.15, 0.2) is 78.2 Å². The van der Waals surface area contributed by atoms with E-state index < -0.39 is 0 Å². The van der Waals surface area contributed by atoms with E-state index in [9.17, 15) is 4.79 Å². The zero-order chi connectivity index (χ0) is 22.9. The van der Waals surface area contributed by atoms with E-state index in [4.69, 9.17) is 4.98 Å². The second-order valence-electron chi connectivity index (χ2n) is 8.51. The fraction of sp³-hybridized carbons (Fsp3) is 0.143. The van der Waals surface area contributed by atoms with Gasteiger partial charge in [0.05, 0.1) is 5.69 Å². The summed E-state index contributed by atoms with van der Waals surface area (Å²) in [6.45, 7) is 4.05. The third-order valence-corrected chi connectivity index (χ3v) is 7.20. The van der Waals surface area contributed by atoms with Crippen molar-refractivity contribution in [2.24, 2.45) is 0 Å². The lowest BCUT2D eigenvalue weighted by Crippen LogP contribution is -2.43. The molecule has 2 N–H and O–H groups in total. The van der Waals surface area contributed by atoms with E-state index >= 15 is 0 Å². The van der Waals surface area contributed by atoms with Crippen LogP contribution in [-0.2, 0) is 4.79 Å². The van der Waals surface area contributed by atoms with Crippen LogP contribution in [0.2, 0.25) is 0 Å². The Morgan fingerprint density at radius 2 is 1.71 bits per heavy atom. The molecular weight excluding hydrogens is 440 g/mol. The van der Waals surface area contributed by atoms with Crippen LogP contribution in [0.4, 0.5) is 11.4 Å². The number of nitrogens with zero attached hydrogens (tertiary/aromatic N) is 2. The van der Waals surface area contributed by atoms with Crippen molar-refractivity contribution in [3.05, 3.63) is 89.3 Å².